The van der Waals surface area contributed by atoms with Crippen LogP contribution in [0.5, 0.6) is 0 Å². The third kappa shape index (κ3) is 7.24. The average Bonchev–Trinajstić information content (AvgIpc) is 2.89. The number of rotatable bonds is 6. The summed E-state index contributed by atoms with van der Waals surface area (Å²) < 4.78 is 5.68. The topological polar surface area (TPSA) is 65.7 Å². The van der Waals surface area contributed by atoms with Gasteiger partial charge in [0.2, 0.25) is 5.89 Å². The zero-order valence-corrected chi connectivity index (χ0v) is 17.8. The Hall–Kier alpha value is -1.27. The van der Waals surface area contributed by atoms with E-state index < -0.39 is 0 Å². The molecule has 1 aliphatic rings. The SMILES string of the molecule is C#CCNC(=NCC1CCN(Cc2nc(C)c(C)o2)CC1)NCC.I. The van der Waals surface area contributed by atoms with Gasteiger partial charge in [0.15, 0.2) is 5.96 Å². The van der Waals surface area contributed by atoms with E-state index in [1.165, 1.54) is 0 Å². The molecule has 0 atom stereocenters. The molecule has 2 N–H and O–H groups in total. The lowest BCUT2D eigenvalue weighted by molar-refractivity contribution is 0.166. The van der Waals surface area contributed by atoms with Gasteiger partial charge >= 0.3 is 0 Å². The molecule has 0 bridgehead atoms. The predicted octanol–water partition coefficient (Wildman–Crippen LogP) is 2.31. The molecule has 1 aromatic rings. The normalized spacial score (nSPS) is 16.2. The van der Waals surface area contributed by atoms with Crippen molar-refractivity contribution in [3.63, 3.8) is 0 Å². The molecule has 2 heterocycles. The van der Waals surface area contributed by atoms with Crippen molar-refractivity contribution in [3.05, 3.63) is 17.3 Å². The van der Waals surface area contributed by atoms with Crippen LogP contribution in [-0.2, 0) is 6.54 Å². The summed E-state index contributed by atoms with van der Waals surface area (Å²) in [6, 6.07) is 0. The second-order valence-electron chi connectivity index (χ2n) is 6.25. The molecule has 140 valence electrons. The highest BCUT2D eigenvalue weighted by Gasteiger charge is 2.20. The fourth-order valence-corrected chi connectivity index (χ4v) is 2.82. The van der Waals surface area contributed by atoms with Gasteiger partial charge in [-0.05, 0) is 52.6 Å². The van der Waals surface area contributed by atoms with Crippen LogP contribution < -0.4 is 10.6 Å². The molecule has 7 heteroatoms. The Morgan fingerprint density at radius 2 is 2.08 bits per heavy atom. The predicted molar refractivity (Wildman–Crippen MR) is 112 cm³/mol. The highest BCUT2D eigenvalue weighted by Crippen LogP contribution is 2.20. The summed E-state index contributed by atoms with van der Waals surface area (Å²) >= 11 is 0. The Bertz CT molecular complexity index is 565. The number of piperidine rings is 1. The number of aryl methyl sites for hydroxylation is 2. The smallest absolute Gasteiger partial charge is 0.208 e. The van der Waals surface area contributed by atoms with E-state index in [0.717, 1.165) is 68.9 Å². The van der Waals surface area contributed by atoms with Crippen molar-refractivity contribution in [2.45, 2.75) is 40.2 Å². The van der Waals surface area contributed by atoms with Crippen LogP contribution in [0, 0.1) is 32.1 Å². The van der Waals surface area contributed by atoms with Gasteiger partial charge in [0.05, 0.1) is 18.8 Å². The molecule has 0 unspecified atom stereocenters. The summed E-state index contributed by atoms with van der Waals surface area (Å²) in [4.78, 5) is 11.5. The van der Waals surface area contributed by atoms with Gasteiger partial charge in [-0.25, -0.2) is 4.98 Å². The van der Waals surface area contributed by atoms with Gasteiger partial charge in [-0.1, -0.05) is 5.92 Å². The average molecular weight is 459 g/mol. The Morgan fingerprint density at radius 1 is 1.36 bits per heavy atom. The standard InChI is InChI=1S/C18H29N5O.HI/c1-5-9-20-18(19-6-2)21-12-16-7-10-23(11-8-16)13-17-22-14(3)15(4)24-17;/h1,16H,6-13H2,2-4H3,(H2,19,20,21);1H. The van der Waals surface area contributed by atoms with E-state index in [1.54, 1.807) is 0 Å². The van der Waals surface area contributed by atoms with Crippen molar-refractivity contribution < 1.29 is 4.42 Å². The molecule has 1 aromatic heterocycles. The number of terminal acetylenes is 1. The molecule has 25 heavy (non-hydrogen) atoms. The minimum Gasteiger partial charge on any atom is -0.444 e. The van der Waals surface area contributed by atoms with Crippen LogP contribution in [-0.4, -0.2) is 48.6 Å². The van der Waals surface area contributed by atoms with Crippen LogP contribution >= 0.6 is 24.0 Å². The van der Waals surface area contributed by atoms with Crippen molar-refractivity contribution in [1.82, 2.24) is 20.5 Å². The maximum atomic E-state index is 5.68. The van der Waals surface area contributed by atoms with E-state index in [0.29, 0.717) is 12.5 Å². The number of oxazole rings is 1. The van der Waals surface area contributed by atoms with E-state index in [-0.39, 0.29) is 24.0 Å². The zero-order valence-electron chi connectivity index (χ0n) is 15.5. The molecule has 0 amide bonds. The van der Waals surface area contributed by atoms with Crippen molar-refractivity contribution in [1.29, 1.82) is 0 Å². The third-order valence-corrected chi connectivity index (χ3v) is 4.35. The van der Waals surface area contributed by atoms with E-state index in [9.17, 15) is 0 Å². The van der Waals surface area contributed by atoms with Crippen LogP contribution in [0.25, 0.3) is 0 Å². The second kappa shape index (κ2) is 11.4. The summed E-state index contributed by atoms with van der Waals surface area (Å²) in [5.74, 6) is 5.75. The summed E-state index contributed by atoms with van der Waals surface area (Å²) in [6.45, 7) is 11.1. The van der Waals surface area contributed by atoms with E-state index >= 15 is 0 Å². The molecule has 0 aliphatic carbocycles. The van der Waals surface area contributed by atoms with Crippen LogP contribution in [0.1, 0.15) is 37.1 Å². The quantitative estimate of drug-likeness (QED) is 0.296. The number of guanidine groups is 1. The maximum Gasteiger partial charge on any atom is 0.208 e. The lowest BCUT2D eigenvalue weighted by atomic mass is 9.97. The van der Waals surface area contributed by atoms with Gasteiger partial charge in [0, 0.05) is 13.1 Å². The maximum absolute atomic E-state index is 5.68. The first-order chi connectivity index (χ1) is 11.6. The molecular formula is C18H30IN5O. The second-order valence-corrected chi connectivity index (χ2v) is 6.25. The minimum absolute atomic E-state index is 0. The fourth-order valence-electron chi connectivity index (χ4n) is 2.82. The van der Waals surface area contributed by atoms with E-state index in [1.807, 2.05) is 13.8 Å². The number of aromatic nitrogens is 1. The summed E-state index contributed by atoms with van der Waals surface area (Å²) in [7, 11) is 0. The van der Waals surface area contributed by atoms with E-state index in [4.69, 9.17) is 10.8 Å². The van der Waals surface area contributed by atoms with Crippen molar-refractivity contribution in [2.75, 3.05) is 32.7 Å². The third-order valence-electron chi connectivity index (χ3n) is 4.35. The van der Waals surface area contributed by atoms with Crippen LogP contribution in [0.4, 0.5) is 0 Å². The molecule has 0 aromatic carbocycles. The number of likely N-dealkylation sites (tertiary alicyclic amines) is 1. The molecule has 1 aliphatic heterocycles. The van der Waals surface area contributed by atoms with Gasteiger partial charge in [0.25, 0.3) is 0 Å². The van der Waals surface area contributed by atoms with Crippen LogP contribution in [0.15, 0.2) is 9.41 Å². The van der Waals surface area contributed by atoms with Crippen molar-refractivity contribution in [2.24, 2.45) is 10.9 Å². The molecule has 0 radical (unpaired) electrons. The number of hydrogen-bond acceptors (Lipinski definition) is 4. The first-order valence-corrected chi connectivity index (χ1v) is 8.73. The number of aliphatic imine (C=N–C) groups is 1. The first kappa shape index (κ1) is 21.8. The van der Waals surface area contributed by atoms with Crippen LogP contribution in [0.2, 0.25) is 0 Å². The van der Waals surface area contributed by atoms with Crippen LogP contribution in [0.3, 0.4) is 0 Å². The monoisotopic (exact) mass is 459 g/mol. The van der Waals surface area contributed by atoms with Crippen molar-refractivity contribution in [3.8, 4) is 12.3 Å². The Balaban J connectivity index is 0.00000312. The molecule has 0 spiro atoms. The summed E-state index contributed by atoms with van der Waals surface area (Å²) in [5.41, 5.74) is 0.990. The Labute approximate surface area is 168 Å². The first-order valence-electron chi connectivity index (χ1n) is 8.73. The minimum atomic E-state index is 0. The number of hydrogen-bond donors (Lipinski definition) is 2. The molecule has 6 nitrogen and oxygen atoms in total. The molecular weight excluding hydrogens is 429 g/mol. The van der Waals surface area contributed by atoms with Gasteiger partial charge in [-0.3, -0.25) is 9.89 Å². The zero-order chi connectivity index (χ0) is 17.4. The molecule has 0 saturated carbocycles. The van der Waals surface area contributed by atoms with Gasteiger partial charge in [-0.2, -0.15) is 0 Å². The molecule has 2 rings (SSSR count). The molecule has 1 saturated heterocycles. The number of nitrogens with one attached hydrogen (secondary N) is 2. The van der Waals surface area contributed by atoms with E-state index in [2.05, 4.69) is 38.4 Å². The Morgan fingerprint density at radius 3 is 2.64 bits per heavy atom. The van der Waals surface area contributed by atoms with Gasteiger partial charge < -0.3 is 15.1 Å². The number of nitrogens with zero attached hydrogens (tertiary/aromatic N) is 3. The lowest BCUT2D eigenvalue weighted by Gasteiger charge is -2.30. The highest BCUT2D eigenvalue weighted by atomic mass is 127. The lowest BCUT2D eigenvalue weighted by Crippen LogP contribution is -2.38. The largest absolute Gasteiger partial charge is 0.444 e. The highest BCUT2D eigenvalue weighted by molar-refractivity contribution is 14.0. The Kier molecular flexibility index (Phi) is 9.90. The van der Waals surface area contributed by atoms with Gasteiger partial charge in [0.1, 0.15) is 5.76 Å². The summed E-state index contributed by atoms with van der Waals surface area (Å²) in [5, 5.41) is 6.35. The van der Waals surface area contributed by atoms with Gasteiger partial charge in [-0.15, -0.1) is 30.4 Å². The summed E-state index contributed by atoms with van der Waals surface area (Å²) in [6.07, 6.45) is 7.59. The number of halogens is 1. The van der Waals surface area contributed by atoms with Crippen molar-refractivity contribution >= 4 is 29.9 Å². The molecule has 1 fully saturated rings. The fraction of sp³-hybridized carbons (Fsp3) is 0.667.